The first-order chi connectivity index (χ1) is 27.7. The summed E-state index contributed by atoms with van der Waals surface area (Å²) in [7, 11) is 0. The summed E-state index contributed by atoms with van der Waals surface area (Å²) in [5.41, 5.74) is 7.46. The summed E-state index contributed by atoms with van der Waals surface area (Å²) in [5.74, 6) is -2.22. The topological polar surface area (TPSA) is 186 Å². The molecule has 0 aliphatic carbocycles. The van der Waals surface area contributed by atoms with Gasteiger partial charge in [0.15, 0.2) is 0 Å². The van der Waals surface area contributed by atoms with Crippen molar-refractivity contribution in [3.63, 3.8) is 0 Å². The van der Waals surface area contributed by atoms with E-state index in [1.165, 1.54) is 10.8 Å². The Labute approximate surface area is 328 Å². The Hall–Kier alpha value is -6.31. The molecule has 15 nitrogen and oxygen atoms in total. The molecule has 3 aromatic carbocycles. The van der Waals surface area contributed by atoms with Gasteiger partial charge < -0.3 is 15.4 Å². The number of hydrazine groups is 1. The molecule has 4 aliphatic heterocycles. The van der Waals surface area contributed by atoms with E-state index in [1.54, 1.807) is 18.3 Å². The first-order valence-electron chi connectivity index (χ1n) is 19.0. The number of nitrogens with zero attached hydrogens (tertiary/aromatic N) is 6. The van der Waals surface area contributed by atoms with Crippen LogP contribution in [0.3, 0.4) is 0 Å². The number of aryl methyl sites for hydroxylation is 1. The number of nitrogens with one attached hydrogen (secondary N) is 4. The van der Waals surface area contributed by atoms with Gasteiger partial charge in [0.1, 0.15) is 6.04 Å². The molecule has 4 unspecified atom stereocenters. The van der Waals surface area contributed by atoms with E-state index in [2.05, 4.69) is 37.4 Å². The number of carbonyl (C=O) groups is 3. The largest absolute Gasteiger partial charge is 0.341 e. The van der Waals surface area contributed by atoms with Gasteiger partial charge in [0.25, 0.3) is 23.2 Å². The number of amides is 3. The third-order valence-corrected chi connectivity index (χ3v) is 10.9. The Morgan fingerprint density at radius 3 is 2.65 bits per heavy atom. The molecule has 4 atom stereocenters. The second kappa shape index (κ2) is 16.0. The van der Waals surface area contributed by atoms with Crippen LogP contribution in [0, 0.1) is 18.3 Å². The van der Waals surface area contributed by atoms with E-state index in [-0.39, 0.29) is 42.3 Å². The number of piperazine rings is 1. The number of fused-ring (bicyclic) bond motifs is 1. The minimum absolute atomic E-state index is 0.00186. The summed E-state index contributed by atoms with van der Waals surface area (Å²) in [5, 5.41) is 26.1. The quantitative estimate of drug-likeness (QED) is 0.174. The first kappa shape index (κ1) is 37.6. The minimum Gasteiger partial charge on any atom is -0.341 e. The molecule has 0 radical (unpaired) electrons. The zero-order chi connectivity index (χ0) is 39.5. The van der Waals surface area contributed by atoms with Crippen LogP contribution in [0.4, 0.5) is 0 Å². The molecule has 15 heteroatoms. The molecule has 0 bridgehead atoms. The lowest BCUT2D eigenvalue weighted by molar-refractivity contribution is -0.136. The maximum Gasteiger partial charge on any atom is 0.275 e. The smallest absolute Gasteiger partial charge is 0.275 e. The number of nitriles is 1. The van der Waals surface area contributed by atoms with Crippen molar-refractivity contribution in [1.29, 1.82) is 5.26 Å². The van der Waals surface area contributed by atoms with Crippen LogP contribution in [-0.2, 0) is 31.5 Å². The Bertz CT molecular complexity index is 2420. The van der Waals surface area contributed by atoms with E-state index >= 15 is 0 Å². The van der Waals surface area contributed by atoms with Crippen molar-refractivity contribution in [3.8, 4) is 6.07 Å². The Balaban J connectivity index is 0.963. The minimum atomic E-state index is -1.15. The lowest BCUT2D eigenvalue weighted by atomic mass is 9.99. The molecule has 4 aliphatic rings. The van der Waals surface area contributed by atoms with E-state index in [4.69, 9.17) is 9.73 Å². The first-order valence-corrected chi connectivity index (χ1v) is 19.0. The molecule has 1 aromatic heterocycles. The number of ether oxygens (including phenoxy) is 1. The number of rotatable bonds is 10. The van der Waals surface area contributed by atoms with Gasteiger partial charge in [-0.3, -0.25) is 34.8 Å². The standard InChI is InChI=1S/C42H42N10O5/c1-27-34-23-31(8-11-33(34)41(56)52(48-27)36-13-14-38(53)47-40(36)55)37-25-44-18-19-50(37)20-21-57-42(45-16-3-17-46-42)32-9-6-28(7-10-32)26-51-35(12-15-39(54)49-51)30-5-2-4-29(22-30)24-43/h2-12,15-17,22-23,35-37,44-45H,13-14,18-21,25-26H2,1H3,(H,49,54)(H,47,53,55). The van der Waals surface area contributed by atoms with Crippen molar-refractivity contribution < 1.29 is 19.1 Å². The Morgan fingerprint density at radius 1 is 1.00 bits per heavy atom. The second-order valence-corrected chi connectivity index (χ2v) is 14.5. The van der Waals surface area contributed by atoms with E-state index < -0.39 is 17.8 Å². The number of aromatic nitrogens is 2. The molecule has 8 rings (SSSR count). The predicted molar refractivity (Wildman–Crippen MR) is 211 cm³/mol. The van der Waals surface area contributed by atoms with Crippen LogP contribution >= 0.6 is 0 Å². The fourth-order valence-electron chi connectivity index (χ4n) is 7.91. The van der Waals surface area contributed by atoms with E-state index in [1.807, 2.05) is 84.9 Å². The van der Waals surface area contributed by atoms with Crippen LogP contribution in [-0.4, -0.2) is 76.4 Å². The summed E-state index contributed by atoms with van der Waals surface area (Å²) in [6.07, 6.45) is 9.07. The van der Waals surface area contributed by atoms with Gasteiger partial charge in [-0.1, -0.05) is 48.5 Å². The molecule has 4 N–H and O–H groups in total. The van der Waals surface area contributed by atoms with Crippen molar-refractivity contribution in [3.05, 3.63) is 135 Å². The third-order valence-electron chi connectivity index (χ3n) is 10.9. The molecule has 2 saturated heterocycles. The van der Waals surface area contributed by atoms with Crippen molar-refractivity contribution in [1.82, 2.24) is 41.1 Å². The summed E-state index contributed by atoms with van der Waals surface area (Å²) in [4.78, 5) is 57.3. The molecule has 0 spiro atoms. The molecule has 4 aromatic rings. The molecular weight excluding hydrogens is 725 g/mol. The number of aliphatic imine (C=N–C) groups is 1. The highest BCUT2D eigenvalue weighted by Gasteiger charge is 2.34. The lowest BCUT2D eigenvalue weighted by Crippen LogP contribution is -2.48. The number of allylic oxidation sites excluding steroid dienone is 1. The highest BCUT2D eigenvalue weighted by Crippen LogP contribution is 2.31. The van der Waals surface area contributed by atoms with Crippen molar-refractivity contribution in [2.24, 2.45) is 4.99 Å². The fraction of sp³-hybridized carbons (Fsp3) is 0.310. The van der Waals surface area contributed by atoms with Crippen LogP contribution in [0.5, 0.6) is 0 Å². The van der Waals surface area contributed by atoms with Gasteiger partial charge in [-0.2, -0.15) is 10.4 Å². The van der Waals surface area contributed by atoms with Gasteiger partial charge in [-0.05, 0) is 60.4 Å². The number of hydrogen-bond acceptors (Lipinski definition) is 12. The van der Waals surface area contributed by atoms with Gasteiger partial charge >= 0.3 is 0 Å². The normalized spacial score (nSPS) is 23.9. The summed E-state index contributed by atoms with van der Waals surface area (Å²) in [6, 6.07) is 22.2. The molecule has 290 valence electrons. The fourth-order valence-corrected chi connectivity index (χ4v) is 7.91. The van der Waals surface area contributed by atoms with Gasteiger partial charge in [0.2, 0.25) is 5.91 Å². The lowest BCUT2D eigenvalue weighted by Gasteiger charge is -2.38. The van der Waals surface area contributed by atoms with Crippen LogP contribution in [0.1, 0.15) is 64.5 Å². The molecule has 5 heterocycles. The van der Waals surface area contributed by atoms with Crippen LogP contribution in [0.2, 0.25) is 0 Å². The number of piperidine rings is 1. The monoisotopic (exact) mass is 766 g/mol. The van der Waals surface area contributed by atoms with Crippen LogP contribution in [0.15, 0.2) is 101 Å². The highest BCUT2D eigenvalue weighted by molar-refractivity contribution is 5.99. The molecule has 57 heavy (non-hydrogen) atoms. The average molecular weight is 767 g/mol. The van der Waals surface area contributed by atoms with Gasteiger partial charge in [0.05, 0.1) is 35.4 Å². The van der Waals surface area contributed by atoms with Crippen LogP contribution in [0.25, 0.3) is 10.8 Å². The Morgan fingerprint density at radius 2 is 1.86 bits per heavy atom. The van der Waals surface area contributed by atoms with Gasteiger partial charge in [0, 0.05) is 74.6 Å². The maximum absolute atomic E-state index is 13.5. The van der Waals surface area contributed by atoms with Crippen molar-refractivity contribution in [2.75, 3.05) is 32.8 Å². The number of imide groups is 1. The molecule has 0 saturated carbocycles. The Kier molecular flexibility index (Phi) is 10.6. The zero-order valence-electron chi connectivity index (χ0n) is 31.4. The number of carbonyl (C=O) groups excluding carboxylic acids is 3. The van der Waals surface area contributed by atoms with Gasteiger partial charge in [-0.15, -0.1) is 0 Å². The zero-order valence-corrected chi connectivity index (χ0v) is 31.4. The highest BCUT2D eigenvalue weighted by atomic mass is 16.5. The predicted octanol–water partition coefficient (Wildman–Crippen LogP) is 2.66. The SMILES string of the molecule is Cc1nn(C2CCC(=O)NC2=O)c(=O)c2ccc(C3CNCCN3CCOC3(c4ccc(CN5NC(=O)C=CC5c5cccc(C#N)c5)cc4)N=CC=CN3)cc12. The summed E-state index contributed by atoms with van der Waals surface area (Å²) >= 11 is 0. The van der Waals surface area contributed by atoms with Crippen molar-refractivity contribution >= 4 is 34.7 Å². The van der Waals surface area contributed by atoms with E-state index in [0.29, 0.717) is 42.9 Å². The second-order valence-electron chi connectivity index (χ2n) is 14.5. The third kappa shape index (κ3) is 7.76. The molecule has 2 fully saturated rings. The van der Waals surface area contributed by atoms with Crippen LogP contribution < -0.4 is 26.9 Å². The average Bonchev–Trinajstić information content (AvgIpc) is 3.23. The summed E-state index contributed by atoms with van der Waals surface area (Å²) in [6.45, 7) is 5.51. The maximum atomic E-state index is 13.5. The van der Waals surface area contributed by atoms with E-state index in [9.17, 15) is 24.4 Å². The summed E-state index contributed by atoms with van der Waals surface area (Å²) < 4.78 is 7.82. The van der Waals surface area contributed by atoms with E-state index in [0.717, 1.165) is 40.7 Å². The molecule has 3 amide bonds. The number of benzene rings is 3. The van der Waals surface area contributed by atoms with Gasteiger partial charge in [-0.25, -0.2) is 14.7 Å². The number of hydrogen-bond donors (Lipinski definition) is 4. The molecular formula is C42H42N10O5. The van der Waals surface area contributed by atoms with Crippen molar-refractivity contribution in [2.45, 2.75) is 50.3 Å².